The summed E-state index contributed by atoms with van der Waals surface area (Å²) in [6.07, 6.45) is 4.25. The minimum atomic E-state index is -0.498. The zero-order valence-electron chi connectivity index (χ0n) is 16.1. The second-order valence-electron chi connectivity index (χ2n) is 6.72. The van der Waals surface area contributed by atoms with Gasteiger partial charge in [0.2, 0.25) is 0 Å². The first-order valence-corrected chi connectivity index (χ1v) is 9.73. The Kier molecular flexibility index (Phi) is 8.67. The first kappa shape index (κ1) is 20.5. The van der Waals surface area contributed by atoms with Gasteiger partial charge in [0.15, 0.2) is 0 Å². The quantitative estimate of drug-likeness (QED) is 0.403. The number of hydrogen-bond donors (Lipinski definition) is 0. The summed E-state index contributed by atoms with van der Waals surface area (Å²) in [5.41, 5.74) is 0.596. The molecule has 0 saturated carbocycles. The number of piperidine rings is 1. The van der Waals surface area contributed by atoms with Crippen molar-refractivity contribution in [2.75, 3.05) is 32.8 Å². The van der Waals surface area contributed by atoms with E-state index in [1.54, 1.807) is 0 Å². The van der Waals surface area contributed by atoms with Gasteiger partial charge in [0.05, 0.1) is 6.54 Å². The van der Waals surface area contributed by atoms with E-state index >= 15 is 0 Å². The fourth-order valence-corrected chi connectivity index (χ4v) is 3.14. The zero-order valence-corrected chi connectivity index (χ0v) is 16.1. The Labute approximate surface area is 157 Å². The van der Waals surface area contributed by atoms with E-state index in [-0.39, 0.29) is 5.97 Å². The Bertz CT molecular complexity index is 595. The Balaban J connectivity index is 1.88. The zero-order chi connectivity index (χ0) is 18.7. The molecule has 1 aliphatic heterocycles. The van der Waals surface area contributed by atoms with Crippen LogP contribution in [0, 0.1) is 11.8 Å². The van der Waals surface area contributed by atoms with Gasteiger partial charge in [0.25, 0.3) is 0 Å². The molecule has 0 amide bonds. The lowest BCUT2D eigenvalue weighted by atomic mass is 9.84. The molecule has 1 aliphatic rings. The largest absolute Gasteiger partial charge is 0.454 e. The third kappa shape index (κ3) is 6.16. The number of unbranched alkanes of at least 4 members (excludes halogenated alkanes) is 1. The average Bonchev–Trinajstić information content (AvgIpc) is 2.69. The van der Waals surface area contributed by atoms with E-state index in [9.17, 15) is 4.79 Å². The van der Waals surface area contributed by atoms with Crippen LogP contribution in [-0.2, 0) is 19.9 Å². The van der Waals surface area contributed by atoms with Crippen molar-refractivity contribution in [2.45, 2.75) is 51.6 Å². The second kappa shape index (κ2) is 11.0. The van der Waals surface area contributed by atoms with Crippen LogP contribution in [0.3, 0.4) is 0 Å². The highest BCUT2D eigenvalue weighted by Crippen LogP contribution is 2.37. The summed E-state index contributed by atoms with van der Waals surface area (Å²) in [4.78, 5) is 14.3. The van der Waals surface area contributed by atoms with Gasteiger partial charge in [0, 0.05) is 39.0 Å². The van der Waals surface area contributed by atoms with Gasteiger partial charge in [-0.25, -0.2) is 0 Å². The number of carbonyl (C=O) groups is 1. The number of likely N-dealkylation sites (tertiary alicyclic amines) is 1. The smallest absolute Gasteiger partial charge is 0.306 e. The van der Waals surface area contributed by atoms with Crippen LogP contribution in [-0.4, -0.2) is 43.7 Å². The third-order valence-corrected chi connectivity index (χ3v) is 4.81. The first-order valence-electron chi connectivity index (χ1n) is 9.73. The van der Waals surface area contributed by atoms with Gasteiger partial charge in [-0.3, -0.25) is 9.69 Å². The molecule has 4 heteroatoms. The molecular weight excluding hydrogens is 326 g/mol. The Morgan fingerprint density at radius 2 is 1.88 bits per heavy atom. The molecule has 1 aromatic carbocycles. The van der Waals surface area contributed by atoms with Gasteiger partial charge in [-0.05, 0) is 12.0 Å². The van der Waals surface area contributed by atoms with Crippen LogP contribution in [0.15, 0.2) is 30.3 Å². The van der Waals surface area contributed by atoms with Gasteiger partial charge < -0.3 is 9.47 Å². The molecule has 26 heavy (non-hydrogen) atoms. The van der Waals surface area contributed by atoms with Gasteiger partial charge in [-0.1, -0.05) is 62.4 Å². The summed E-state index contributed by atoms with van der Waals surface area (Å²) in [6, 6.07) is 10.1. The highest BCUT2D eigenvalue weighted by Gasteiger charge is 2.39. The molecule has 1 saturated heterocycles. The predicted molar refractivity (Wildman–Crippen MR) is 104 cm³/mol. The van der Waals surface area contributed by atoms with E-state index < -0.39 is 5.60 Å². The molecule has 0 spiro atoms. The molecule has 0 atom stereocenters. The minimum Gasteiger partial charge on any atom is -0.454 e. The molecule has 1 fully saturated rings. The normalized spacial score (nSPS) is 16.5. The van der Waals surface area contributed by atoms with Gasteiger partial charge in [-0.2, -0.15) is 0 Å². The number of nitrogens with zero attached hydrogens (tertiary/aromatic N) is 1. The number of hydrogen-bond acceptors (Lipinski definition) is 4. The van der Waals surface area contributed by atoms with E-state index in [2.05, 4.69) is 35.8 Å². The molecule has 142 valence electrons. The predicted octanol–water partition coefficient (Wildman–Crippen LogP) is 3.75. The highest BCUT2D eigenvalue weighted by atomic mass is 16.6. The lowest BCUT2D eigenvalue weighted by Crippen LogP contribution is -2.45. The van der Waals surface area contributed by atoms with Crippen molar-refractivity contribution in [1.29, 1.82) is 0 Å². The standard InChI is InChI=1S/C22H31NO3/c1-3-5-18-25-19-10-9-15-23-16-13-22(14-17-23,26-21(24)4-2)20-11-7-6-8-12-20/h6-8,11-12H,3-5,13-19H2,1-2H3. The summed E-state index contributed by atoms with van der Waals surface area (Å²) >= 11 is 0. The molecule has 1 aromatic rings. The first-order chi connectivity index (χ1) is 12.7. The van der Waals surface area contributed by atoms with Crippen LogP contribution in [0.1, 0.15) is 51.5 Å². The molecule has 0 N–H and O–H groups in total. The summed E-state index contributed by atoms with van der Waals surface area (Å²) in [5.74, 6) is 6.15. The van der Waals surface area contributed by atoms with Crippen LogP contribution in [0.5, 0.6) is 0 Å². The molecule has 0 unspecified atom stereocenters. The molecule has 2 rings (SSSR count). The summed E-state index contributed by atoms with van der Waals surface area (Å²) < 4.78 is 11.4. The number of carbonyl (C=O) groups excluding carboxylic acids is 1. The van der Waals surface area contributed by atoms with Crippen molar-refractivity contribution in [2.24, 2.45) is 0 Å². The topological polar surface area (TPSA) is 38.8 Å². The number of esters is 1. The number of ether oxygens (including phenoxy) is 2. The van der Waals surface area contributed by atoms with E-state index in [1.165, 1.54) is 0 Å². The fraction of sp³-hybridized carbons (Fsp3) is 0.591. The van der Waals surface area contributed by atoms with Gasteiger partial charge in [-0.15, -0.1) is 0 Å². The van der Waals surface area contributed by atoms with Crippen molar-refractivity contribution in [1.82, 2.24) is 4.90 Å². The molecule has 0 bridgehead atoms. The van der Waals surface area contributed by atoms with Crippen LogP contribution in [0.2, 0.25) is 0 Å². The fourth-order valence-electron chi connectivity index (χ4n) is 3.14. The lowest BCUT2D eigenvalue weighted by Gasteiger charge is -2.41. The van der Waals surface area contributed by atoms with Crippen LogP contribution in [0.25, 0.3) is 0 Å². The van der Waals surface area contributed by atoms with Crippen LogP contribution >= 0.6 is 0 Å². The second-order valence-corrected chi connectivity index (χ2v) is 6.72. The molecule has 4 nitrogen and oxygen atoms in total. The average molecular weight is 357 g/mol. The van der Waals surface area contributed by atoms with Crippen molar-refractivity contribution < 1.29 is 14.3 Å². The highest BCUT2D eigenvalue weighted by molar-refractivity contribution is 5.69. The Morgan fingerprint density at radius 3 is 2.54 bits per heavy atom. The summed E-state index contributed by atoms with van der Waals surface area (Å²) in [6.45, 7) is 7.78. The molecule has 0 radical (unpaired) electrons. The van der Waals surface area contributed by atoms with Crippen LogP contribution in [0.4, 0.5) is 0 Å². The van der Waals surface area contributed by atoms with E-state index in [1.807, 2.05) is 25.1 Å². The monoisotopic (exact) mass is 357 g/mol. The van der Waals surface area contributed by atoms with Crippen LogP contribution < -0.4 is 0 Å². The number of benzene rings is 1. The SMILES string of the molecule is CCCCOCC#CCN1CCC(OC(=O)CC)(c2ccccc2)CC1. The van der Waals surface area contributed by atoms with Gasteiger partial charge >= 0.3 is 5.97 Å². The maximum absolute atomic E-state index is 12.0. The third-order valence-electron chi connectivity index (χ3n) is 4.81. The molecule has 1 heterocycles. The van der Waals surface area contributed by atoms with Crippen molar-refractivity contribution in [3.8, 4) is 11.8 Å². The maximum atomic E-state index is 12.0. The van der Waals surface area contributed by atoms with Gasteiger partial charge in [0.1, 0.15) is 12.2 Å². The van der Waals surface area contributed by atoms with E-state index in [0.717, 1.165) is 57.5 Å². The van der Waals surface area contributed by atoms with Crippen molar-refractivity contribution in [3.63, 3.8) is 0 Å². The van der Waals surface area contributed by atoms with Crippen molar-refractivity contribution >= 4 is 5.97 Å². The number of rotatable bonds is 8. The van der Waals surface area contributed by atoms with E-state index in [4.69, 9.17) is 9.47 Å². The summed E-state index contributed by atoms with van der Waals surface area (Å²) in [5, 5.41) is 0. The van der Waals surface area contributed by atoms with Crippen molar-refractivity contribution in [3.05, 3.63) is 35.9 Å². The molecule has 0 aliphatic carbocycles. The Hall–Kier alpha value is -1.83. The molecule has 0 aromatic heterocycles. The lowest BCUT2D eigenvalue weighted by molar-refractivity contribution is -0.166. The molecular formula is C22H31NO3. The van der Waals surface area contributed by atoms with E-state index in [0.29, 0.717) is 13.0 Å². The maximum Gasteiger partial charge on any atom is 0.306 e. The minimum absolute atomic E-state index is 0.133. The Morgan fingerprint density at radius 1 is 1.15 bits per heavy atom. The summed E-state index contributed by atoms with van der Waals surface area (Å²) in [7, 11) is 0.